The van der Waals surface area contributed by atoms with Gasteiger partial charge in [-0.3, -0.25) is 0 Å². The number of halogens is 2. The Bertz CT molecular complexity index is 931. The van der Waals surface area contributed by atoms with Crippen LogP contribution in [0.3, 0.4) is 0 Å². The van der Waals surface area contributed by atoms with E-state index in [0.717, 1.165) is 17.7 Å². The van der Waals surface area contributed by atoms with Crippen molar-refractivity contribution in [3.8, 4) is 5.75 Å². The highest BCUT2D eigenvalue weighted by molar-refractivity contribution is 5.79. The molecule has 0 aromatic heterocycles. The van der Waals surface area contributed by atoms with E-state index in [1.807, 2.05) is 13.0 Å². The van der Waals surface area contributed by atoms with E-state index >= 15 is 0 Å². The third-order valence-electron chi connectivity index (χ3n) is 6.25. The summed E-state index contributed by atoms with van der Waals surface area (Å²) < 4.78 is 40.1. The maximum atomic E-state index is 14.8. The van der Waals surface area contributed by atoms with Gasteiger partial charge in [0.15, 0.2) is 0 Å². The van der Waals surface area contributed by atoms with Gasteiger partial charge in [-0.15, -0.1) is 10.1 Å². The maximum Gasteiger partial charge on any atom is 0.381 e. The van der Waals surface area contributed by atoms with Crippen molar-refractivity contribution in [2.45, 2.75) is 69.5 Å². The van der Waals surface area contributed by atoms with Gasteiger partial charge in [-0.25, -0.2) is 4.79 Å². The molecule has 0 spiro atoms. The molecule has 0 saturated carbocycles. The predicted octanol–water partition coefficient (Wildman–Crippen LogP) is 4.04. The third-order valence-corrected chi connectivity index (χ3v) is 6.25. The maximum absolute atomic E-state index is 14.8. The van der Waals surface area contributed by atoms with Crippen LogP contribution in [-0.4, -0.2) is 40.6 Å². The molecule has 0 amide bonds. The molecular weight excluding hydrogens is 428 g/mol. The topological polar surface area (TPSA) is 108 Å². The first kappa shape index (κ1) is 23.9. The number of benzene rings is 1. The summed E-state index contributed by atoms with van der Waals surface area (Å²) in [7, 11) is 0. The van der Waals surface area contributed by atoms with Crippen LogP contribution in [0.1, 0.15) is 63.5 Å². The normalized spacial score (nSPS) is 23.8. The molecule has 1 aromatic rings. The minimum absolute atomic E-state index is 0.143. The van der Waals surface area contributed by atoms with Gasteiger partial charge in [0.05, 0.1) is 13.2 Å². The lowest BCUT2D eigenvalue weighted by molar-refractivity contribution is -0.757. The van der Waals surface area contributed by atoms with Crippen LogP contribution in [0, 0.1) is 10.1 Å². The first-order valence-electron chi connectivity index (χ1n) is 10.4. The largest absolute Gasteiger partial charge is 0.485 e. The summed E-state index contributed by atoms with van der Waals surface area (Å²) in [5.74, 6) is -5.73. The summed E-state index contributed by atoms with van der Waals surface area (Å²) in [5, 5.41) is 20.5. The number of allylic oxidation sites excluding steroid dienone is 1. The van der Waals surface area contributed by atoms with Gasteiger partial charge in [-0.05, 0) is 52.5 Å². The monoisotopic (exact) mass is 455 g/mol. The van der Waals surface area contributed by atoms with Crippen molar-refractivity contribution in [2.75, 3.05) is 13.2 Å². The molecule has 1 aliphatic carbocycles. The highest BCUT2D eigenvalue weighted by Gasteiger charge is 2.56. The fourth-order valence-electron chi connectivity index (χ4n) is 4.26. The van der Waals surface area contributed by atoms with Gasteiger partial charge < -0.3 is 19.4 Å². The molecule has 176 valence electrons. The van der Waals surface area contributed by atoms with Gasteiger partial charge in [-0.1, -0.05) is 23.8 Å². The van der Waals surface area contributed by atoms with Crippen LogP contribution in [0.25, 0.3) is 0 Å². The number of hydrogen-bond donors (Lipinski definition) is 1. The number of ether oxygens (including phenoxy) is 2. The quantitative estimate of drug-likeness (QED) is 0.207. The van der Waals surface area contributed by atoms with Crippen molar-refractivity contribution < 1.29 is 38.1 Å². The minimum Gasteiger partial charge on any atom is -0.485 e. The Balaban J connectivity index is 1.74. The smallest absolute Gasteiger partial charge is 0.381 e. The number of hydrogen-bond acceptors (Lipinski definition) is 7. The fourth-order valence-corrected chi connectivity index (χ4v) is 4.26. The van der Waals surface area contributed by atoms with Crippen molar-refractivity contribution >= 4 is 5.97 Å². The summed E-state index contributed by atoms with van der Waals surface area (Å²) in [5.41, 5.74) is -1.05. The molecule has 1 aromatic carbocycles. The zero-order valence-corrected chi connectivity index (χ0v) is 18.2. The standard InChI is InChI=1S/C22H27F2NO7/c1-14-8-9-21(27)17(12-14)16-7-6-15(13-18(16)32-20(21,2)3)22(23,24)19(26)30-10-4-5-11-31-25(28)29/h6-8,13,17,27H,4-5,9-12H2,1-3H3. The number of esters is 1. The summed E-state index contributed by atoms with van der Waals surface area (Å²) in [4.78, 5) is 26.2. The number of carbonyl (C=O) groups is 1. The number of unbranched alkanes of at least 4 members (excludes halogenated alkanes) is 1. The second-order valence-corrected chi connectivity index (χ2v) is 8.77. The highest BCUT2D eigenvalue weighted by Crippen LogP contribution is 2.54. The summed E-state index contributed by atoms with van der Waals surface area (Å²) in [6, 6.07) is 3.77. The van der Waals surface area contributed by atoms with E-state index in [-0.39, 0.29) is 37.7 Å². The van der Waals surface area contributed by atoms with Gasteiger partial charge in [0.25, 0.3) is 5.09 Å². The van der Waals surface area contributed by atoms with E-state index in [0.29, 0.717) is 18.4 Å². The number of nitrogens with zero attached hydrogens (tertiary/aromatic N) is 1. The van der Waals surface area contributed by atoms with E-state index in [9.17, 15) is 28.8 Å². The lowest BCUT2D eigenvalue weighted by atomic mass is 9.63. The molecule has 2 unspecified atom stereocenters. The highest BCUT2D eigenvalue weighted by atomic mass is 19.3. The SMILES string of the molecule is CC1=CCC2(O)C(C1)c1ccc(C(F)(F)C(=O)OCCCCO[N+](=O)[O-])cc1OC2(C)C. The van der Waals surface area contributed by atoms with Crippen LogP contribution in [0.15, 0.2) is 29.8 Å². The van der Waals surface area contributed by atoms with Crippen molar-refractivity contribution in [1.29, 1.82) is 0 Å². The number of aliphatic hydroxyl groups is 1. The first-order chi connectivity index (χ1) is 14.9. The van der Waals surface area contributed by atoms with E-state index in [1.54, 1.807) is 13.8 Å². The number of fused-ring (bicyclic) bond motifs is 3. The predicted molar refractivity (Wildman–Crippen MR) is 109 cm³/mol. The van der Waals surface area contributed by atoms with Crippen molar-refractivity contribution in [3.63, 3.8) is 0 Å². The van der Waals surface area contributed by atoms with E-state index < -0.39 is 33.7 Å². The van der Waals surface area contributed by atoms with Crippen molar-refractivity contribution in [3.05, 3.63) is 51.1 Å². The lowest BCUT2D eigenvalue weighted by Gasteiger charge is -2.53. The zero-order valence-electron chi connectivity index (χ0n) is 18.2. The Morgan fingerprint density at radius 2 is 2.03 bits per heavy atom. The molecule has 1 heterocycles. The molecule has 0 bridgehead atoms. The number of rotatable bonds is 8. The summed E-state index contributed by atoms with van der Waals surface area (Å²) in [6.07, 6.45) is 3.26. The number of carbonyl (C=O) groups excluding carboxylic acids is 1. The Morgan fingerprint density at radius 1 is 1.34 bits per heavy atom. The molecule has 8 nitrogen and oxygen atoms in total. The van der Waals surface area contributed by atoms with Crippen molar-refractivity contribution in [2.24, 2.45) is 0 Å². The number of alkyl halides is 2. The molecule has 1 N–H and O–H groups in total. The van der Waals surface area contributed by atoms with Crippen LogP contribution < -0.4 is 4.74 Å². The molecule has 3 rings (SSSR count). The average molecular weight is 455 g/mol. The molecule has 32 heavy (non-hydrogen) atoms. The van der Waals surface area contributed by atoms with Gasteiger partial charge >= 0.3 is 11.9 Å². The molecule has 2 atom stereocenters. The summed E-state index contributed by atoms with van der Waals surface area (Å²) >= 11 is 0. The average Bonchev–Trinajstić information content (AvgIpc) is 2.71. The fraction of sp³-hybridized carbons (Fsp3) is 0.591. The second kappa shape index (κ2) is 8.65. The molecule has 0 fully saturated rings. The van der Waals surface area contributed by atoms with Crippen molar-refractivity contribution in [1.82, 2.24) is 0 Å². The molecule has 1 aliphatic heterocycles. The first-order valence-corrected chi connectivity index (χ1v) is 10.4. The molecule has 0 radical (unpaired) electrons. The van der Waals surface area contributed by atoms with Crippen LogP contribution in [0.2, 0.25) is 0 Å². The Hall–Kier alpha value is -2.75. The minimum atomic E-state index is -3.91. The molecule has 0 saturated heterocycles. The van der Waals surface area contributed by atoms with Crippen LogP contribution in [0.5, 0.6) is 5.75 Å². The molecule has 2 aliphatic rings. The van der Waals surface area contributed by atoms with Gasteiger partial charge in [0, 0.05) is 17.0 Å². The lowest BCUT2D eigenvalue weighted by Crippen LogP contribution is -2.60. The van der Waals surface area contributed by atoms with Gasteiger partial charge in [0.2, 0.25) is 0 Å². The molecule has 10 heteroatoms. The Morgan fingerprint density at radius 3 is 2.72 bits per heavy atom. The zero-order chi connectivity index (χ0) is 23.7. The third kappa shape index (κ3) is 4.41. The van der Waals surface area contributed by atoms with Crippen LogP contribution >= 0.6 is 0 Å². The molecular formula is C22H27F2NO7. The van der Waals surface area contributed by atoms with Crippen LogP contribution in [-0.2, 0) is 20.3 Å². The van der Waals surface area contributed by atoms with E-state index in [1.165, 1.54) is 6.07 Å². The Labute approximate surface area is 184 Å². The van der Waals surface area contributed by atoms with E-state index in [2.05, 4.69) is 9.57 Å². The van der Waals surface area contributed by atoms with Gasteiger partial charge in [0.1, 0.15) is 17.0 Å². The van der Waals surface area contributed by atoms with Crippen LogP contribution in [0.4, 0.5) is 8.78 Å². The summed E-state index contributed by atoms with van der Waals surface area (Å²) in [6.45, 7) is 4.88. The Kier molecular flexibility index (Phi) is 6.46. The van der Waals surface area contributed by atoms with Gasteiger partial charge in [-0.2, -0.15) is 8.78 Å². The van der Waals surface area contributed by atoms with E-state index in [4.69, 9.17) is 4.74 Å². The second-order valence-electron chi connectivity index (χ2n) is 8.77.